The number of sulfonamides is 1. The molecule has 0 bridgehead atoms. The van der Waals surface area contributed by atoms with E-state index >= 15 is 0 Å². The Bertz CT molecular complexity index is 1480. The van der Waals surface area contributed by atoms with Crippen molar-refractivity contribution in [3.63, 3.8) is 0 Å². The van der Waals surface area contributed by atoms with Crippen LogP contribution < -0.4 is 9.47 Å². The second-order valence-corrected chi connectivity index (χ2v) is 12.1. The van der Waals surface area contributed by atoms with Gasteiger partial charge in [-0.2, -0.15) is 9.41 Å². The number of carbonyl (C=O) groups excluding carboxylic acids is 3. The molecule has 2 heterocycles. The van der Waals surface area contributed by atoms with Gasteiger partial charge in [0.15, 0.2) is 11.5 Å². The van der Waals surface area contributed by atoms with E-state index in [1.54, 1.807) is 33.1 Å². The van der Waals surface area contributed by atoms with Crippen LogP contribution in [0, 0.1) is 5.41 Å². The highest BCUT2D eigenvalue weighted by Gasteiger charge is 2.47. The Morgan fingerprint density at radius 1 is 0.878 bits per heavy atom. The minimum Gasteiger partial charge on any atom is -0.493 e. The van der Waals surface area contributed by atoms with Crippen molar-refractivity contribution in [3.05, 3.63) is 53.1 Å². The zero-order valence-corrected chi connectivity index (χ0v) is 24.6. The van der Waals surface area contributed by atoms with Gasteiger partial charge in [-0.1, -0.05) is 0 Å². The van der Waals surface area contributed by atoms with Crippen LogP contribution in [0.1, 0.15) is 53.0 Å². The van der Waals surface area contributed by atoms with Crippen molar-refractivity contribution in [2.45, 2.75) is 37.6 Å². The van der Waals surface area contributed by atoms with Gasteiger partial charge in [0.2, 0.25) is 10.0 Å². The number of hydrogen-bond donors (Lipinski definition) is 0. The Morgan fingerprint density at radius 3 is 1.95 bits per heavy atom. The van der Waals surface area contributed by atoms with Gasteiger partial charge in [0.05, 0.1) is 61.6 Å². The number of methoxy groups -OCH3 is 4. The third-order valence-electron chi connectivity index (χ3n) is 7.36. The summed E-state index contributed by atoms with van der Waals surface area (Å²) in [6.45, 7) is 3.82. The van der Waals surface area contributed by atoms with Gasteiger partial charge in [-0.15, -0.1) is 0 Å². The average Bonchev–Trinajstić information content (AvgIpc) is 3.23. The first-order valence-corrected chi connectivity index (χ1v) is 14.3. The average molecular weight is 588 g/mol. The first kappa shape index (κ1) is 30.0. The number of esters is 2. The van der Waals surface area contributed by atoms with E-state index in [-0.39, 0.29) is 41.1 Å². The molecule has 0 aliphatic carbocycles. The highest BCUT2D eigenvalue weighted by molar-refractivity contribution is 7.89. The van der Waals surface area contributed by atoms with E-state index in [1.165, 1.54) is 34.6 Å². The summed E-state index contributed by atoms with van der Waals surface area (Å²) >= 11 is 0. The fourth-order valence-electron chi connectivity index (χ4n) is 5.01. The largest absolute Gasteiger partial charge is 0.493 e. The molecule has 12 nitrogen and oxygen atoms in total. The summed E-state index contributed by atoms with van der Waals surface area (Å²) < 4.78 is 48.5. The van der Waals surface area contributed by atoms with E-state index in [1.807, 2.05) is 6.07 Å². The van der Waals surface area contributed by atoms with Gasteiger partial charge in [-0.05, 0) is 63.1 Å². The first-order chi connectivity index (χ1) is 19.4. The lowest BCUT2D eigenvalue weighted by Gasteiger charge is -2.35. The van der Waals surface area contributed by atoms with Gasteiger partial charge in [0, 0.05) is 18.7 Å². The molecule has 4 rings (SSSR count). The Kier molecular flexibility index (Phi) is 8.41. The van der Waals surface area contributed by atoms with Crippen molar-refractivity contribution in [2.24, 2.45) is 10.5 Å². The standard InChI is InChI=1S/C28H33N3O9S/c1-28(2)24(17-7-8-22(37-3)23(16-17)38-4)29-31(27(28)34)20-9-11-30(12-10-20)41(35,36)21-14-18(25(32)39-5)13-19(15-21)26(33)40-6/h7-8,13-16,20H,9-12H2,1-6H3. The lowest BCUT2D eigenvalue weighted by atomic mass is 9.83. The van der Waals surface area contributed by atoms with Crippen LogP contribution in [0.3, 0.4) is 0 Å². The summed E-state index contributed by atoms with van der Waals surface area (Å²) in [5.41, 5.74) is 0.196. The molecule has 1 saturated heterocycles. The fourth-order valence-corrected chi connectivity index (χ4v) is 6.55. The summed E-state index contributed by atoms with van der Waals surface area (Å²) in [4.78, 5) is 37.6. The number of benzene rings is 2. The van der Waals surface area contributed by atoms with Crippen molar-refractivity contribution in [1.29, 1.82) is 0 Å². The van der Waals surface area contributed by atoms with Crippen LogP contribution >= 0.6 is 0 Å². The predicted molar refractivity (Wildman–Crippen MR) is 148 cm³/mol. The molecule has 220 valence electrons. The molecular formula is C28H33N3O9S. The summed E-state index contributed by atoms with van der Waals surface area (Å²) in [6.07, 6.45) is 0.675. The third-order valence-corrected chi connectivity index (χ3v) is 9.23. The molecule has 2 aliphatic heterocycles. The van der Waals surface area contributed by atoms with Crippen LogP contribution in [0.4, 0.5) is 0 Å². The second-order valence-electron chi connectivity index (χ2n) is 10.2. The molecule has 0 aromatic heterocycles. The van der Waals surface area contributed by atoms with Crippen LogP contribution in [0.2, 0.25) is 0 Å². The van der Waals surface area contributed by atoms with E-state index in [0.717, 1.165) is 19.8 Å². The lowest BCUT2D eigenvalue weighted by Crippen LogP contribution is -2.47. The van der Waals surface area contributed by atoms with Gasteiger partial charge in [-0.25, -0.2) is 23.0 Å². The highest BCUT2D eigenvalue weighted by atomic mass is 32.2. The maximum atomic E-state index is 13.6. The van der Waals surface area contributed by atoms with E-state index in [2.05, 4.69) is 0 Å². The van der Waals surface area contributed by atoms with E-state index in [0.29, 0.717) is 30.1 Å². The van der Waals surface area contributed by atoms with Crippen LogP contribution in [-0.4, -0.2) is 88.9 Å². The smallest absolute Gasteiger partial charge is 0.337 e. The molecule has 13 heteroatoms. The number of rotatable bonds is 8. The number of ether oxygens (including phenoxy) is 4. The molecule has 2 aromatic rings. The molecule has 0 saturated carbocycles. The van der Waals surface area contributed by atoms with E-state index in [4.69, 9.17) is 24.0 Å². The van der Waals surface area contributed by atoms with Crippen LogP contribution in [0.15, 0.2) is 46.4 Å². The van der Waals surface area contributed by atoms with Gasteiger partial charge in [0.1, 0.15) is 0 Å². The predicted octanol–water partition coefficient (Wildman–Crippen LogP) is 2.70. The molecule has 2 aliphatic rings. The van der Waals surface area contributed by atoms with Crippen LogP contribution in [0.5, 0.6) is 11.5 Å². The maximum absolute atomic E-state index is 13.6. The summed E-state index contributed by atoms with van der Waals surface area (Å²) in [6, 6.07) is 8.59. The van der Waals surface area contributed by atoms with Gasteiger partial charge >= 0.3 is 11.9 Å². The topological polar surface area (TPSA) is 141 Å². The summed E-state index contributed by atoms with van der Waals surface area (Å²) in [7, 11) is 1.30. The lowest BCUT2D eigenvalue weighted by molar-refractivity contribution is -0.137. The molecular weight excluding hydrogens is 554 g/mol. The van der Waals surface area contributed by atoms with Crippen molar-refractivity contribution in [3.8, 4) is 11.5 Å². The van der Waals surface area contributed by atoms with Crippen molar-refractivity contribution in [2.75, 3.05) is 41.5 Å². The number of hydrogen-bond acceptors (Lipinski definition) is 10. The Balaban J connectivity index is 1.57. The molecule has 0 spiro atoms. The second kappa shape index (κ2) is 11.5. The molecule has 41 heavy (non-hydrogen) atoms. The van der Waals surface area contributed by atoms with E-state index < -0.39 is 27.4 Å². The minimum absolute atomic E-state index is 0.0919. The summed E-state index contributed by atoms with van der Waals surface area (Å²) in [5.74, 6) is -0.690. The fraction of sp³-hybridized carbons (Fsp3) is 0.429. The van der Waals surface area contributed by atoms with E-state index in [9.17, 15) is 22.8 Å². The van der Waals surface area contributed by atoms with Gasteiger partial charge < -0.3 is 18.9 Å². The van der Waals surface area contributed by atoms with Crippen molar-refractivity contribution >= 4 is 33.6 Å². The van der Waals surface area contributed by atoms with Crippen molar-refractivity contribution in [1.82, 2.24) is 9.31 Å². The minimum atomic E-state index is -4.09. The molecule has 1 fully saturated rings. The van der Waals surface area contributed by atoms with Crippen LogP contribution in [-0.2, 0) is 24.3 Å². The SMILES string of the molecule is COC(=O)c1cc(C(=O)OC)cc(S(=O)(=O)N2CCC(N3N=C(c4ccc(OC)c(OC)c4)C(C)(C)C3=O)CC2)c1. The zero-order valence-electron chi connectivity index (χ0n) is 23.8. The zero-order chi connectivity index (χ0) is 30.1. The maximum Gasteiger partial charge on any atom is 0.337 e. The van der Waals surface area contributed by atoms with Crippen molar-refractivity contribution < 1.29 is 41.7 Å². The van der Waals surface area contributed by atoms with Gasteiger partial charge in [0.25, 0.3) is 5.91 Å². The normalized spacial score (nSPS) is 17.7. The summed E-state index contributed by atoms with van der Waals surface area (Å²) in [5, 5.41) is 6.17. The number of hydrazone groups is 1. The molecule has 2 aromatic carbocycles. The quantitative estimate of drug-likeness (QED) is 0.426. The number of carbonyl (C=O) groups is 3. The number of amides is 1. The Morgan fingerprint density at radius 2 is 1.44 bits per heavy atom. The van der Waals surface area contributed by atoms with Crippen LogP contribution in [0.25, 0.3) is 0 Å². The molecule has 0 unspecified atom stereocenters. The Labute approximate surface area is 238 Å². The monoisotopic (exact) mass is 587 g/mol. The first-order valence-electron chi connectivity index (χ1n) is 12.9. The Hall–Kier alpha value is -3.97. The molecule has 0 radical (unpaired) electrons. The molecule has 0 N–H and O–H groups in total. The third kappa shape index (κ3) is 5.51. The van der Waals surface area contributed by atoms with Gasteiger partial charge in [-0.3, -0.25) is 4.79 Å². The number of piperidine rings is 1. The molecule has 0 atom stereocenters. The molecule has 1 amide bonds. The highest BCUT2D eigenvalue weighted by Crippen LogP contribution is 2.38. The number of nitrogens with zero attached hydrogens (tertiary/aromatic N) is 3.